The van der Waals surface area contributed by atoms with Crippen molar-refractivity contribution in [3.05, 3.63) is 51.2 Å². The molecule has 0 spiro atoms. The van der Waals surface area contributed by atoms with Crippen LogP contribution in [0.2, 0.25) is 5.02 Å². The van der Waals surface area contributed by atoms with Gasteiger partial charge in [0.1, 0.15) is 0 Å². The molecule has 0 aliphatic carbocycles. The molecule has 2 aromatic rings. The van der Waals surface area contributed by atoms with Crippen LogP contribution in [-0.2, 0) is 11.8 Å². The Balaban J connectivity index is 2.21. The van der Waals surface area contributed by atoms with E-state index >= 15 is 0 Å². The average molecular weight is 359 g/mol. The van der Waals surface area contributed by atoms with Crippen molar-refractivity contribution in [2.45, 2.75) is 24.7 Å². The predicted molar refractivity (Wildman–Crippen MR) is 90.0 cm³/mol. The fourth-order valence-electron chi connectivity index (χ4n) is 2.14. The summed E-state index contributed by atoms with van der Waals surface area (Å²) in [6.45, 7) is 2.24. The number of alkyl halides is 1. The van der Waals surface area contributed by atoms with Crippen molar-refractivity contribution in [3.8, 4) is 0 Å². The lowest BCUT2D eigenvalue weighted by Crippen LogP contribution is -2.31. The van der Waals surface area contributed by atoms with Gasteiger partial charge < -0.3 is 4.90 Å². The van der Waals surface area contributed by atoms with E-state index in [-0.39, 0.29) is 0 Å². The molecule has 19 heavy (non-hydrogen) atoms. The molecule has 1 aromatic heterocycles. The average Bonchev–Trinajstić information content (AvgIpc) is 2.90. The van der Waals surface area contributed by atoms with Crippen LogP contribution in [0.5, 0.6) is 0 Å². The third-order valence-electron chi connectivity index (χ3n) is 3.30. The lowest BCUT2D eigenvalue weighted by molar-refractivity contribution is 0.687. The lowest BCUT2D eigenvalue weighted by Gasteiger charge is -2.29. The van der Waals surface area contributed by atoms with Crippen molar-refractivity contribution >= 4 is 44.6 Å². The van der Waals surface area contributed by atoms with Crippen LogP contribution in [-0.4, -0.2) is 13.1 Å². The second-order valence-corrected chi connectivity index (χ2v) is 6.62. The van der Waals surface area contributed by atoms with Crippen LogP contribution in [0.3, 0.4) is 0 Å². The Hall–Kier alpha value is -0.510. The van der Waals surface area contributed by atoms with Crippen LogP contribution in [0.15, 0.2) is 35.7 Å². The summed E-state index contributed by atoms with van der Waals surface area (Å²) < 4.78 is 0. The zero-order chi connectivity index (χ0) is 13.8. The fourth-order valence-corrected chi connectivity index (χ4v) is 3.75. The topological polar surface area (TPSA) is 3.24 Å². The molecule has 1 unspecified atom stereocenters. The number of halogens is 2. The summed E-state index contributed by atoms with van der Waals surface area (Å²) in [5, 5.41) is 3.76. The Morgan fingerprint density at radius 2 is 2.11 bits per heavy atom. The summed E-state index contributed by atoms with van der Waals surface area (Å²) in [5.74, 6) is 0. The number of benzene rings is 1. The number of thiophene rings is 1. The van der Waals surface area contributed by atoms with Crippen molar-refractivity contribution < 1.29 is 0 Å². The number of likely N-dealkylation sites (N-methyl/N-ethyl adjacent to an activating group) is 1. The first-order valence-electron chi connectivity index (χ1n) is 6.22. The molecule has 0 bridgehead atoms. The van der Waals surface area contributed by atoms with E-state index in [4.69, 9.17) is 11.6 Å². The number of anilines is 1. The van der Waals surface area contributed by atoms with Gasteiger partial charge in [0.25, 0.3) is 0 Å². The van der Waals surface area contributed by atoms with E-state index in [0.717, 1.165) is 22.5 Å². The lowest BCUT2D eigenvalue weighted by atomic mass is 10.1. The Kier molecular flexibility index (Phi) is 5.31. The van der Waals surface area contributed by atoms with E-state index in [1.807, 2.05) is 23.5 Å². The van der Waals surface area contributed by atoms with Gasteiger partial charge in [-0.15, -0.1) is 11.3 Å². The first-order valence-corrected chi connectivity index (χ1v) is 8.60. The summed E-state index contributed by atoms with van der Waals surface area (Å²) >= 11 is 11.7. The van der Waals surface area contributed by atoms with Crippen molar-refractivity contribution in [2.24, 2.45) is 0 Å². The highest BCUT2D eigenvalue weighted by Crippen LogP contribution is 2.32. The smallest absolute Gasteiger partial charge is 0.0642 e. The summed E-state index contributed by atoms with van der Waals surface area (Å²) in [6.07, 6.45) is 1.04. The maximum atomic E-state index is 6.37. The molecule has 0 aliphatic heterocycles. The number of nitrogens with zero attached hydrogens (tertiary/aromatic N) is 1. The molecule has 0 saturated carbocycles. The highest BCUT2D eigenvalue weighted by molar-refractivity contribution is 9.08. The molecular weight excluding hydrogens is 342 g/mol. The molecule has 0 aliphatic rings. The number of rotatable bonds is 5. The van der Waals surface area contributed by atoms with Crippen LogP contribution in [0, 0.1) is 0 Å². The van der Waals surface area contributed by atoms with E-state index < -0.39 is 0 Å². The highest BCUT2D eigenvalue weighted by Gasteiger charge is 2.16. The van der Waals surface area contributed by atoms with Gasteiger partial charge in [-0.3, -0.25) is 0 Å². The molecule has 4 heteroatoms. The van der Waals surface area contributed by atoms with Gasteiger partial charge in [0.2, 0.25) is 0 Å². The molecule has 0 radical (unpaired) electrons. The fraction of sp³-hybridized carbons (Fsp3) is 0.333. The van der Waals surface area contributed by atoms with Gasteiger partial charge in [0, 0.05) is 29.7 Å². The Bertz CT molecular complexity index is 527. The number of hydrogen-bond donors (Lipinski definition) is 0. The summed E-state index contributed by atoms with van der Waals surface area (Å²) in [7, 11) is 2.12. The minimum Gasteiger partial charge on any atom is -0.370 e. The highest BCUT2D eigenvalue weighted by atomic mass is 79.9. The van der Waals surface area contributed by atoms with Crippen molar-refractivity contribution in [1.29, 1.82) is 0 Å². The maximum Gasteiger partial charge on any atom is 0.0642 e. The number of para-hydroxylation sites is 1. The Morgan fingerprint density at radius 1 is 1.32 bits per heavy atom. The third kappa shape index (κ3) is 3.53. The van der Waals surface area contributed by atoms with Crippen molar-refractivity contribution in [1.82, 2.24) is 0 Å². The Morgan fingerprint density at radius 3 is 2.74 bits per heavy atom. The molecule has 1 heterocycles. The van der Waals surface area contributed by atoms with Crippen LogP contribution >= 0.6 is 38.9 Å². The Labute approximate surface area is 132 Å². The minimum absolute atomic E-state index is 0.413. The second-order valence-electron chi connectivity index (χ2n) is 4.62. The summed E-state index contributed by atoms with van der Waals surface area (Å²) in [6, 6.07) is 10.8. The third-order valence-corrected chi connectivity index (χ3v) is 5.11. The predicted octanol–water partition coefficient (Wildman–Crippen LogP) is 5.36. The molecule has 1 aromatic carbocycles. The summed E-state index contributed by atoms with van der Waals surface area (Å²) in [4.78, 5) is 3.69. The van der Waals surface area contributed by atoms with Crippen LogP contribution in [0.25, 0.3) is 0 Å². The van der Waals surface area contributed by atoms with Gasteiger partial charge in [-0.25, -0.2) is 0 Å². The first-order chi connectivity index (χ1) is 9.13. The minimum atomic E-state index is 0.413. The first kappa shape index (κ1) is 14.9. The molecule has 1 atom stereocenters. The van der Waals surface area contributed by atoms with Gasteiger partial charge in [0.15, 0.2) is 0 Å². The SMILES string of the molecule is CC(Cc1cccs1)N(C)c1c(Cl)cccc1CBr. The zero-order valence-electron chi connectivity index (χ0n) is 11.1. The van der Waals surface area contributed by atoms with Crippen LogP contribution < -0.4 is 4.90 Å². The van der Waals surface area contributed by atoms with Gasteiger partial charge in [-0.2, -0.15) is 0 Å². The largest absolute Gasteiger partial charge is 0.370 e. The van der Waals surface area contributed by atoms with Crippen molar-refractivity contribution in [3.63, 3.8) is 0 Å². The zero-order valence-corrected chi connectivity index (χ0v) is 14.2. The molecule has 0 amide bonds. The molecule has 2 rings (SSSR count). The van der Waals surface area contributed by atoms with E-state index in [0.29, 0.717) is 6.04 Å². The maximum absolute atomic E-state index is 6.37. The van der Waals surface area contributed by atoms with E-state index in [9.17, 15) is 0 Å². The van der Waals surface area contributed by atoms with Gasteiger partial charge in [0.05, 0.1) is 10.7 Å². The van der Waals surface area contributed by atoms with E-state index in [1.165, 1.54) is 10.4 Å². The van der Waals surface area contributed by atoms with Gasteiger partial charge >= 0.3 is 0 Å². The molecule has 0 saturated heterocycles. The van der Waals surface area contributed by atoms with Crippen LogP contribution in [0.1, 0.15) is 17.4 Å². The van der Waals surface area contributed by atoms with E-state index in [1.54, 1.807) is 0 Å². The molecular formula is C15H17BrClNS. The van der Waals surface area contributed by atoms with Gasteiger partial charge in [-0.05, 0) is 30.0 Å². The quantitative estimate of drug-likeness (QED) is 0.650. The molecule has 0 fully saturated rings. The molecule has 1 nitrogen and oxygen atoms in total. The van der Waals surface area contributed by atoms with Crippen molar-refractivity contribution in [2.75, 3.05) is 11.9 Å². The monoisotopic (exact) mass is 357 g/mol. The standard InChI is InChI=1S/C15H17BrClNS/c1-11(9-13-6-4-8-19-13)18(2)15-12(10-16)5-3-7-14(15)17/h3-8,11H,9-10H2,1-2H3. The van der Waals surface area contributed by atoms with E-state index in [2.05, 4.69) is 58.4 Å². The summed E-state index contributed by atoms with van der Waals surface area (Å²) in [5.41, 5.74) is 2.36. The number of hydrogen-bond acceptors (Lipinski definition) is 2. The second kappa shape index (κ2) is 6.78. The van der Waals surface area contributed by atoms with Gasteiger partial charge in [-0.1, -0.05) is 45.7 Å². The molecule has 0 N–H and O–H groups in total. The van der Waals surface area contributed by atoms with Crippen LogP contribution in [0.4, 0.5) is 5.69 Å². The molecule has 102 valence electrons. The normalized spacial score (nSPS) is 12.4.